The average molecular weight is 323 g/mol. The third kappa shape index (κ3) is 2.54. The molecule has 7 heteroatoms. The summed E-state index contributed by atoms with van der Waals surface area (Å²) in [5, 5.41) is 5.16. The summed E-state index contributed by atoms with van der Waals surface area (Å²) in [5.41, 5.74) is -1.20. The summed E-state index contributed by atoms with van der Waals surface area (Å²) in [5.74, 6) is -1.58. The van der Waals surface area contributed by atoms with Gasteiger partial charge in [0.2, 0.25) is 5.91 Å². The highest BCUT2D eigenvalue weighted by molar-refractivity contribution is 5.90. The smallest absolute Gasteiger partial charge is 0.314 e. The fraction of sp³-hybridized carbons (Fsp3) is 0.500. The number of nitrogens with one attached hydrogen (secondary N) is 2. The quantitative estimate of drug-likeness (QED) is 0.886. The predicted octanol–water partition coefficient (Wildman–Crippen LogP) is 1.53. The van der Waals surface area contributed by atoms with E-state index in [2.05, 4.69) is 10.6 Å². The Hall–Kier alpha value is -2.18. The van der Waals surface area contributed by atoms with Crippen molar-refractivity contribution < 1.29 is 18.4 Å². The highest BCUT2D eigenvalue weighted by Crippen LogP contribution is 2.47. The second-order valence-corrected chi connectivity index (χ2v) is 6.16. The van der Waals surface area contributed by atoms with Crippen LogP contribution < -0.4 is 10.6 Å². The molecule has 1 saturated heterocycles. The van der Waals surface area contributed by atoms with Gasteiger partial charge in [0.1, 0.15) is 11.6 Å². The molecule has 0 aromatic heterocycles. The van der Waals surface area contributed by atoms with Crippen LogP contribution in [0, 0.1) is 11.6 Å². The molecule has 1 heterocycles. The van der Waals surface area contributed by atoms with Crippen LogP contribution in [0.4, 0.5) is 13.6 Å². The fourth-order valence-corrected chi connectivity index (χ4v) is 3.35. The van der Waals surface area contributed by atoms with Gasteiger partial charge < -0.3 is 15.5 Å². The molecular formula is C16H19F2N3O2. The Labute approximate surface area is 133 Å². The van der Waals surface area contributed by atoms with E-state index in [1.807, 2.05) is 0 Å². The molecular weight excluding hydrogens is 304 g/mol. The summed E-state index contributed by atoms with van der Waals surface area (Å²) in [6.45, 7) is 0.730. The number of carbonyl (C=O) groups is 2. The molecule has 0 unspecified atom stereocenters. The van der Waals surface area contributed by atoms with Crippen molar-refractivity contribution in [3.8, 4) is 0 Å². The van der Waals surface area contributed by atoms with Crippen molar-refractivity contribution in [1.29, 1.82) is 0 Å². The maximum absolute atomic E-state index is 14.1. The Morgan fingerprint density at radius 1 is 1.22 bits per heavy atom. The third-order valence-electron chi connectivity index (χ3n) is 4.79. The lowest BCUT2D eigenvalue weighted by molar-refractivity contribution is -0.146. The van der Waals surface area contributed by atoms with Crippen molar-refractivity contribution in [3.63, 3.8) is 0 Å². The van der Waals surface area contributed by atoms with Gasteiger partial charge in [0.15, 0.2) is 0 Å². The molecule has 1 aromatic rings. The van der Waals surface area contributed by atoms with Crippen LogP contribution in [0.2, 0.25) is 0 Å². The first-order valence-corrected chi connectivity index (χ1v) is 7.70. The highest BCUT2D eigenvalue weighted by Gasteiger charge is 2.52. The van der Waals surface area contributed by atoms with Crippen LogP contribution in [-0.2, 0) is 10.2 Å². The summed E-state index contributed by atoms with van der Waals surface area (Å²) in [6.07, 6.45) is 1.68. The maximum atomic E-state index is 14.1. The van der Waals surface area contributed by atoms with Crippen LogP contribution in [-0.4, -0.2) is 43.0 Å². The molecule has 3 rings (SSSR count). The topological polar surface area (TPSA) is 61.4 Å². The van der Waals surface area contributed by atoms with Gasteiger partial charge in [0.25, 0.3) is 0 Å². The predicted molar refractivity (Wildman–Crippen MR) is 79.8 cm³/mol. The Morgan fingerprint density at radius 2 is 1.83 bits per heavy atom. The minimum absolute atomic E-state index is 0.112. The zero-order chi connectivity index (χ0) is 16.6. The minimum atomic E-state index is -1.09. The molecule has 0 bridgehead atoms. The Balaban J connectivity index is 1.75. The average Bonchev–Trinajstić information content (AvgIpc) is 2.43. The van der Waals surface area contributed by atoms with Gasteiger partial charge in [-0.15, -0.1) is 0 Å². The van der Waals surface area contributed by atoms with Crippen molar-refractivity contribution >= 4 is 11.9 Å². The summed E-state index contributed by atoms with van der Waals surface area (Å²) in [4.78, 5) is 25.6. The molecule has 2 fully saturated rings. The van der Waals surface area contributed by atoms with E-state index < -0.39 is 17.0 Å². The molecule has 0 radical (unpaired) electrons. The zero-order valence-electron chi connectivity index (χ0n) is 12.9. The largest absolute Gasteiger partial charge is 0.341 e. The molecule has 3 amide bonds. The van der Waals surface area contributed by atoms with Crippen molar-refractivity contribution in [3.05, 3.63) is 35.4 Å². The second-order valence-electron chi connectivity index (χ2n) is 6.16. The number of amides is 3. The van der Waals surface area contributed by atoms with Crippen molar-refractivity contribution in [1.82, 2.24) is 15.5 Å². The van der Waals surface area contributed by atoms with E-state index in [-0.39, 0.29) is 23.5 Å². The number of rotatable bonds is 3. The van der Waals surface area contributed by atoms with Gasteiger partial charge in [-0.3, -0.25) is 4.79 Å². The zero-order valence-corrected chi connectivity index (χ0v) is 12.9. The number of benzene rings is 1. The van der Waals surface area contributed by atoms with Crippen molar-refractivity contribution in [2.24, 2.45) is 0 Å². The summed E-state index contributed by atoms with van der Waals surface area (Å²) >= 11 is 0. The van der Waals surface area contributed by atoms with Crippen LogP contribution >= 0.6 is 0 Å². The number of halogens is 2. The van der Waals surface area contributed by atoms with E-state index in [0.717, 1.165) is 6.42 Å². The minimum Gasteiger partial charge on any atom is -0.341 e. The lowest BCUT2D eigenvalue weighted by atomic mass is 9.62. The second kappa shape index (κ2) is 5.79. The normalized spacial score (nSPS) is 19.5. The van der Waals surface area contributed by atoms with Gasteiger partial charge in [-0.2, -0.15) is 0 Å². The fourth-order valence-electron chi connectivity index (χ4n) is 3.35. The molecule has 2 aliphatic rings. The first-order chi connectivity index (χ1) is 11.0. The number of likely N-dealkylation sites (tertiary alicyclic amines) is 1. The Kier molecular flexibility index (Phi) is 3.95. The molecule has 0 atom stereocenters. The summed E-state index contributed by atoms with van der Waals surface area (Å²) in [7, 11) is 1.52. The van der Waals surface area contributed by atoms with Gasteiger partial charge in [0.05, 0.1) is 11.5 Å². The first-order valence-electron chi connectivity index (χ1n) is 7.70. The van der Waals surface area contributed by atoms with E-state index in [0.29, 0.717) is 25.9 Å². The van der Waals surface area contributed by atoms with Crippen LogP contribution in [0.5, 0.6) is 0 Å². The number of nitrogens with zero attached hydrogens (tertiary/aromatic N) is 1. The van der Waals surface area contributed by atoms with Crippen LogP contribution in [0.25, 0.3) is 0 Å². The number of carbonyl (C=O) groups excluding carboxylic acids is 2. The first kappa shape index (κ1) is 15.7. The summed E-state index contributed by atoms with van der Waals surface area (Å²) < 4.78 is 28.3. The van der Waals surface area contributed by atoms with Gasteiger partial charge in [-0.1, -0.05) is 12.5 Å². The van der Waals surface area contributed by atoms with Crippen molar-refractivity contribution in [2.45, 2.75) is 30.7 Å². The van der Waals surface area contributed by atoms with Gasteiger partial charge in [-0.05, 0) is 25.0 Å². The number of urea groups is 1. The highest BCUT2D eigenvalue weighted by atomic mass is 19.1. The van der Waals surface area contributed by atoms with Gasteiger partial charge in [-0.25, -0.2) is 13.6 Å². The molecule has 23 heavy (non-hydrogen) atoms. The lowest BCUT2D eigenvalue weighted by Crippen LogP contribution is -2.66. The van der Waals surface area contributed by atoms with E-state index in [1.165, 1.54) is 25.2 Å². The van der Waals surface area contributed by atoms with Crippen LogP contribution in [0.1, 0.15) is 24.8 Å². The van der Waals surface area contributed by atoms with E-state index >= 15 is 0 Å². The van der Waals surface area contributed by atoms with Crippen LogP contribution in [0.3, 0.4) is 0 Å². The standard InChI is InChI=1S/C16H19F2N3O2/c1-19-15(23)20-10-8-21(9-10)14(22)16(6-3-7-16)13-11(17)4-2-5-12(13)18/h2,4-5,10H,3,6-9H2,1H3,(H2,19,20,23). The molecule has 5 nitrogen and oxygen atoms in total. The molecule has 1 aliphatic carbocycles. The molecule has 1 aromatic carbocycles. The molecule has 124 valence electrons. The van der Waals surface area contributed by atoms with Gasteiger partial charge in [0, 0.05) is 25.7 Å². The number of hydrogen-bond donors (Lipinski definition) is 2. The van der Waals surface area contributed by atoms with E-state index in [1.54, 1.807) is 4.90 Å². The van der Waals surface area contributed by atoms with E-state index in [4.69, 9.17) is 0 Å². The molecule has 0 spiro atoms. The van der Waals surface area contributed by atoms with Gasteiger partial charge >= 0.3 is 6.03 Å². The lowest BCUT2D eigenvalue weighted by Gasteiger charge is -2.49. The summed E-state index contributed by atoms with van der Waals surface area (Å²) in [6, 6.07) is 3.26. The third-order valence-corrected chi connectivity index (χ3v) is 4.79. The molecule has 1 saturated carbocycles. The molecule has 2 N–H and O–H groups in total. The Bertz CT molecular complexity index is 620. The van der Waals surface area contributed by atoms with Crippen molar-refractivity contribution in [2.75, 3.05) is 20.1 Å². The van der Waals surface area contributed by atoms with Crippen LogP contribution in [0.15, 0.2) is 18.2 Å². The maximum Gasteiger partial charge on any atom is 0.314 e. The Morgan fingerprint density at radius 3 is 2.30 bits per heavy atom. The monoisotopic (exact) mass is 323 g/mol. The SMILES string of the molecule is CNC(=O)NC1CN(C(=O)C2(c3c(F)cccc3F)CCC2)C1. The van der Waals surface area contributed by atoms with E-state index in [9.17, 15) is 18.4 Å². The number of hydrogen-bond acceptors (Lipinski definition) is 2. The molecule has 1 aliphatic heterocycles.